The number of carbonyl (C=O) groups is 2. The van der Waals surface area contributed by atoms with E-state index in [-0.39, 0.29) is 11.6 Å². The first-order valence-electron chi connectivity index (χ1n) is 7.57. The van der Waals surface area contributed by atoms with Crippen molar-refractivity contribution in [3.63, 3.8) is 0 Å². The van der Waals surface area contributed by atoms with E-state index in [9.17, 15) is 9.59 Å². The quantitative estimate of drug-likeness (QED) is 0.621. The fourth-order valence-electron chi connectivity index (χ4n) is 2.03. The summed E-state index contributed by atoms with van der Waals surface area (Å²) in [5.74, 6) is -0.338. The fourth-order valence-corrected chi connectivity index (χ4v) is 2.90. The highest BCUT2D eigenvalue weighted by Gasteiger charge is 2.12. The van der Waals surface area contributed by atoms with Gasteiger partial charge in [0.2, 0.25) is 0 Å². The monoisotopic (exact) mass is 387 g/mol. The molecule has 0 spiro atoms. The second kappa shape index (κ2) is 8.41. The summed E-state index contributed by atoms with van der Waals surface area (Å²) in [6.07, 6.45) is 1.66. The Hall–Kier alpha value is -2.97. The van der Waals surface area contributed by atoms with Crippen molar-refractivity contribution in [3.05, 3.63) is 70.5 Å². The molecule has 0 fully saturated rings. The van der Waals surface area contributed by atoms with Crippen molar-refractivity contribution >= 4 is 45.7 Å². The maximum atomic E-state index is 12.1. The lowest BCUT2D eigenvalue weighted by Crippen LogP contribution is -2.24. The molecule has 9 heteroatoms. The summed E-state index contributed by atoms with van der Waals surface area (Å²) < 4.78 is 0. The number of rotatable bonds is 5. The van der Waals surface area contributed by atoms with Crippen LogP contribution in [-0.2, 0) is 6.54 Å². The highest BCUT2D eigenvalue weighted by atomic mass is 35.5. The zero-order chi connectivity index (χ0) is 18.4. The summed E-state index contributed by atoms with van der Waals surface area (Å²) in [7, 11) is 0. The third-order valence-corrected chi connectivity index (χ3v) is 4.19. The molecular formula is C17H14ClN5O2S. The van der Waals surface area contributed by atoms with E-state index in [0.717, 1.165) is 17.0 Å². The molecule has 0 saturated carbocycles. The number of aromatic nitrogens is 2. The molecule has 0 radical (unpaired) electrons. The van der Waals surface area contributed by atoms with Crippen molar-refractivity contribution in [2.24, 2.45) is 0 Å². The summed E-state index contributed by atoms with van der Waals surface area (Å²) >= 11 is 7.03. The molecule has 0 bridgehead atoms. The van der Waals surface area contributed by atoms with Crippen LogP contribution >= 0.6 is 22.9 Å². The molecule has 0 aliphatic carbocycles. The average molecular weight is 388 g/mol. The largest absolute Gasteiger partial charge is 0.345 e. The van der Waals surface area contributed by atoms with E-state index in [1.807, 2.05) is 12.1 Å². The Morgan fingerprint density at radius 2 is 2.00 bits per heavy atom. The first-order valence-corrected chi connectivity index (χ1v) is 8.83. The first kappa shape index (κ1) is 17.8. The summed E-state index contributed by atoms with van der Waals surface area (Å²) in [6.45, 7) is 0.301. The Morgan fingerprint density at radius 1 is 1.12 bits per heavy atom. The smallest absolute Gasteiger partial charge is 0.325 e. The van der Waals surface area contributed by atoms with E-state index in [4.69, 9.17) is 11.6 Å². The normalized spacial score (nSPS) is 10.2. The van der Waals surface area contributed by atoms with Gasteiger partial charge in [0.05, 0.1) is 12.2 Å². The van der Waals surface area contributed by atoms with Crippen molar-refractivity contribution in [1.82, 2.24) is 15.3 Å². The summed E-state index contributed by atoms with van der Waals surface area (Å²) in [4.78, 5) is 32.3. The van der Waals surface area contributed by atoms with Crippen LogP contribution in [0.25, 0.3) is 0 Å². The van der Waals surface area contributed by atoms with Crippen molar-refractivity contribution < 1.29 is 9.59 Å². The van der Waals surface area contributed by atoms with Crippen molar-refractivity contribution in [2.75, 3.05) is 10.6 Å². The van der Waals surface area contributed by atoms with E-state index >= 15 is 0 Å². The van der Waals surface area contributed by atoms with E-state index in [0.29, 0.717) is 22.4 Å². The molecule has 3 amide bonds. The molecule has 1 aromatic carbocycles. The predicted molar refractivity (Wildman–Crippen MR) is 102 cm³/mol. The maximum Gasteiger partial charge on any atom is 0.325 e. The molecule has 2 aromatic heterocycles. The highest BCUT2D eigenvalue weighted by molar-refractivity contribution is 7.14. The standard InChI is InChI=1S/C17H14ClN5O2S/c18-11-4-3-6-12(8-11)21-16(25)23-17-22-14(10-26-17)15(24)20-9-13-5-1-2-7-19-13/h1-8,10H,9H2,(H,20,24)(H2,21,22,23,25). The Bertz CT molecular complexity index is 916. The minimum atomic E-state index is -0.470. The van der Waals surface area contributed by atoms with Gasteiger partial charge in [-0.15, -0.1) is 11.3 Å². The van der Waals surface area contributed by atoms with Crippen LogP contribution in [0.2, 0.25) is 5.02 Å². The number of halogens is 1. The number of carbonyl (C=O) groups excluding carboxylic acids is 2. The zero-order valence-electron chi connectivity index (χ0n) is 13.4. The molecule has 132 valence electrons. The van der Waals surface area contributed by atoms with Crippen LogP contribution in [0.15, 0.2) is 54.0 Å². The third-order valence-electron chi connectivity index (χ3n) is 3.20. The van der Waals surface area contributed by atoms with E-state index in [1.54, 1.807) is 41.9 Å². The van der Waals surface area contributed by atoms with Crippen LogP contribution in [0.1, 0.15) is 16.2 Å². The van der Waals surface area contributed by atoms with Crippen molar-refractivity contribution in [1.29, 1.82) is 0 Å². The number of hydrogen-bond donors (Lipinski definition) is 3. The lowest BCUT2D eigenvalue weighted by atomic mass is 10.3. The van der Waals surface area contributed by atoms with Gasteiger partial charge in [-0.05, 0) is 30.3 Å². The summed E-state index contributed by atoms with van der Waals surface area (Å²) in [5.41, 5.74) is 1.53. The molecule has 3 rings (SSSR count). The molecule has 7 nitrogen and oxygen atoms in total. The van der Waals surface area contributed by atoms with Crippen LogP contribution in [0.5, 0.6) is 0 Å². The number of nitrogens with zero attached hydrogens (tertiary/aromatic N) is 2. The molecular weight excluding hydrogens is 374 g/mol. The van der Waals surface area contributed by atoms with Gasteiger partial charge in [-0.2, -0.15) is 0 Å². The Morgan fingerprint density at radius 3 is 2.77 bits per heavy atom. The van der Waals surface area contributed by atoms with Gasteiger partial charge in [-0.1, -0.05) is 23.7 Å². The second-order valence-electron chi connectivity index (χ2n) is 5.13. The van der Waals surface area contributed by atoms with Gasteiger partial charge >= 0.3 is 6.03 Å². The van der Waals surface area contributed by atoms with Crippen LogP contribution < -0.4 is 16.0 Å². The average Bonchev–Trinajstić information content (AvgIpc) is 3.09. The minimum Gasteiger partial charge on any atom is -0.345 e. The topological polar surface area (TPSA) is 96.0 Å². The van der Waals surface area contributed by atoms with E-state index in [1.165, 1.54) is 0 Å². The first-order chi connectivity index (χ1) is 12.6. The molecule has 3 N–H and O–H groups in total. The SMILES string of the molecule is O=C(Nc1cccc(Cl)c1)Nc1nc(C(=O)NCc2ccccn2)cs1. The highest BCUT2D eigenvalue weighted by Crippen LogP contribution is 2.18. The molecule has 0 saturated heterocycles. The third kappa shape index (κ3) is 5.01. The number of amides is 3. The van der Waals surface area contributed by atoms with Crippen LogP contribution in [0.3, 0.4) is 0 Å². The Balaban J connectivity index is 1.53. The van der Waals surface area contributed by atoms with E-state index in [2.05, 4.69) is 25.9 Å². The lowest BCUT2D eigenvalue weighted by Gasteiger charge is -2.05. The number of pyridine rings is 1. The van der Waals surface area contributed by atoms with Gasteiger partial charge in [0.25, 0.3) is 5.91 Å². The Kier molecular flexibility index (Phi) is 5.77. The second-order valence-corrected chi connectivity index (χ2v) is 6.43. The van der Waals surface area contributed by atoms with Gasteiger partial charge in [-0.25, -0.2) is 9.78 Å². The number of benzene rings is 1. The maximum absolute atomic E-state index is 12.1. The van der Waals surface area contributed by atoms with Crippen molar-refractivity contribution in [3.8, 4) is 0 Å². The van der Waals surface area contributed by atoms with Gasteiger partial charge in [-0.3, -0.25) is 15.1 Å². The predicted octanol–water partition coefficient (Wildman–Crippen LogP) is 3.77. The van der Waals surface area contributed by atoms with Gasteiger partial charge < -0.3 is 10.6 Å². The molecule has 0 aliphatic rings. The summed E-state index contributed by atoms with van der Waals surface area (Å²) in [5, 5.41) is 10.4. The molecule has 3 aromatic rings. The Labute approximate surface area is 158 Å². The van der Waals surface area contributed by atoms with Crippen LogP contribution in [-0.4, -0.2) is 21.9 Å². The van der Waals surface area contributed by atoms with Crippen molar-refractivity contribution in [2.45, 2.75) is 6.54 Å². The number of nitrogens with one attached hydrogen (secondary N) is 3. The summed E-state index contributed by atoms with van der Waals surface area (Å²) in [6, 6.07) is 11.8. The molecule has 2 heterocycles. The number of hydrogen-bond acceptors (Lipinski definition) is 5. The van der Waals surface area contributed by atoms with E-state index < -0.39 is 6.03 Å². The van der Waals surface area contributed by atoms with Crippen LogP contribution in [0.4, 0.5) is 15.6 Å². The van der Waals surface area contributed by atoms with Gasteiger partial charge in [0, 0.05) is 22.3 Å². The zero-order valence-corrected chi connectivity index (χ0v) is 15.0. The number of urea groups is 1. The number of anilines is 2. The molecule has 0 unspecified atom stereocenters. The molecule has 26 heavy (non-hydrogen) atoms. The fraction of sp³-hybridized carbons (Fsp3) is 0.0588. The minimum absolute atomic E-state index is 0.226. The van der Waals surface area contributed by atoms with Crippen LogP contribution in [0, 0.1) is 0 Å². The van der Waals surface area contributed by atoms with Gasteiger partial charge in [0.15, 0.2) is 5.13 Å². The van der Waals surface area contributed by atoms with Gasteiger partial charge in [0.1, 0.15) is 5.69 Å². The molecule has 0 aliphatic heterocycles. The lowest BCUT2D eigenvalue weighted by molar-refractivity contribution is 0.0946. The molecule has 0 atom stereocenters. The number of thiazole rings is 1.